The van der Waals surface area contributed by atoms with Crippen LogP contribution >= 0.6 is 46.5 Å². The summed E-state index contributed by atoms with van der Waals surface area (Å²) in [5.74, 6) is 0.917. The lowest BCUT2D eigenvalue weighted by Crippen LogP contribution is -1.90. The molecule has 0 aliphatic heterocycles. The highest BCUT2D eigenvalue weighted by molar-refractivity contribution is 8.03. The number of nitro groups is 1. The first-order valence-electron chi connectivity index (χ1n) is 5.18. The molecular formula is C10H8ClN3O2S3. The molecular weight excluding hydrogens is 326 g/mol. The monoisotopic (exact) mass is 333 g/mol. The molecule has 19 heavy (non-hydrogen) atoms. The number of rotatable bonds is 5. The summed E-state index contributed by atoms with van der Waals surface area (Å²) in [7, 11) is 0. The minimum Gasteiger partial charge on any atom is -0.258 e. The average Bonchev–Trinajstić information content (AvgIpc) is 2.79. The summed E-state index contributed by atoms with van der Waals surface area (Å²) in [6, 6.07) is 4.59. The van der Waals surface area contributed by atoms with Gasteiger partial charge in [-0.05, 0) is 17.9 Å². The second-order valence-corrected chi connectivity index (χ2v) is 7.45. The minimum atomic E-state index is -0.447. The minimum absolute atomic E-state index is 0.0163. The highest BCUT2D eigenvalue weighted by atomic mass is 35.5. The molecule has 0 saturated carbocycles. The number of nitrogens with zero attached hydrogens (tertiary/aromatic N) is 3. The molecule has 0 saturated heterocycles. The first-order chi connectivity index (χ1) is 9.10. The third kappa shape index (κ3) is 3.82. The van der Waals surface area contributed by atoms with Crippen molar-refractivity contribution in [3.63, 3.8) is 0 Å². The molecule has 5 nitrogen and oxygen atoms in total. The highest BCUT2D eigenvalue weighted by Crippen LogP contribution is 2.38. The first-order valence-corrected chi connectivity index (χ1v) is 8.18. The fourth-order valence-corrected chi connectivity index (χ4v) is 4.36. The molecule has 9 heteroatoms. The molecule has 0 amide bonds. The lowest BCUT2D eigenvalue weighted by atomic mass is 10.3. The van der Waals surface area contributed by atoms with Gasteiger partial charge < -0.3 is 0 Å². The molecule has 0 aliphatic rings. The Labute approximate surface area is 126 Å². The smallest absolute Gasteiger partial charge is 0.258 e. The van der Waals surface area contributed by atoms with Crippen molar-refractivity contribution in [2.45, 2.75) is 20.5 Å². The van der Waals surface area contributed by atoms with Gasteiger partial charge in [-0.1, -0.05) is 53.4 Å². The van der Waals surface area contributed by atoms with Crippen molar-refractivity contribution in [1.29, 1.82) is 0 Å². The van der Waals surface area contributed by atoms with E-state index >= 15 is 0 Å². The first kappa shape index (κ1) is 14.6. The fraction of sp³-hybridized carbons (Fsp3) is 0.200. The van der Waals surface area contributed by atoms with Crippen LogP contribution < -0.4 is 0 Å². The van der Waals surface area contributed by atoms with Gasteiger partial charge in [-0.3, -0.25) is 10.1 Å². The second-order valence-electron chi connectivity index (χ2n) is 3.24. The van der Waals surface area contributed by atoms with Gasteiger partial charge in [-0.2, -0.15) is 0 Å². The molecule has 0 spiro atoms. The predicted molar refractivity (Wildman–Crippen MR) is 78.5 cm³/mol. The zero-order valence-electron chi connectivity index (χ0n) is 9.70. The van der Waals surface area contributed by atoms with E-state index in [0.717, 1.165) is 10.1 Å². The lowest BCUT2D eigenvalue weighted by molar-refractivity contribution is -0.387. The van der Waals surface area contributed by atoms with Gasteiger partial charge in [0.2, 0.25) is 0 Å². The summed E-state index contributed by atoms with van der Waals surface area (Å²) in [6.45, 7) is 2.03. The van der Waals surface area contributed by atoms with Gasteiger partial charge in [0.25, 0.3) is 5.69 Å². The summed E-state index contributed by atoms with van der Waals surface area (Å²) >= 11 is 10.0. The molecule has 0 atom stereocenters. The summed E-state index contributed by atoms with van der Waals surface area (Å²) in [5, 5.41) is 19.3. The molecule has 0 aliphatic carbocycles. The van der Waals surface area contributed by atoms with Crippen LogP contribution in [-0.2, 0) is 0 Å². The molecule has 0 fully saturated rings. The van der Waals surface area contributed by atoms with E-state index in [1.54, 1.807) is 23.9 Å². The zero-order valence-corrected chi connectivity index (χ0v) is 12.9. The van der Waals surface area contributed by atoms with Crippen molar-refractivity contribution in [3.8, 4) is 0 Å². The average molecular weight is 334 g/mol. The van der Waals surface area contributed by atoms with Gasteiger partial charge in [-0.25, -0.2) is 0 Å². The number of halogens is 1. The largest absolute Gasteiger partial charge is 0.284 e. The van der Waals surface area contributed by atoms with Crippen LogP contribution in [0.25, 0.3) is 0 Å². The van der Waals surface area contributed by atoms with E-state index in [2.05, 4.69) is 10.2 Å². The van der Waals surface area contributed by atoms with E-state index < -0.39 is 4.92 Å². The van der Waals surface area contributed by atoms with Crippen LogP contribution in [0.4, 0.5) is 5.69 Å². The lowest BCUT2D eigenvalue weighted by Gasteiger charge is -2.00. The number of hydrogen-bond donors (Lipinski definition) is 0. The zero-order chi connectivity index (χ0) is 13.8. The van der Waals surface area contributed by atoms with Gasteiger partial charge in [-0.15, -0.1) is 10.2 Å². The standard InChI is InChI=1S/C10H8ClN3O2S3/c1-2-17-9-12-13-10(19-9)18-8-4-3-6(11)5-7(8)14(15)16/h3-5H,2H2,1H3. The second kappa shape index (κ2) is 6.56. The summed E-state index contributed by atoms with van der Waals surface area (Å²) < 4.78 is 1.54. The maximum Gasteiger partial charge on any atom is 0.284 e. The molecule has 1 heterocycles. The van der Waals surface area contributed by atoms with Crippen LogP contribution in [0.1, 0.15) is 6.92 Å². The van der Waals surface area contributed by atoms with Crippen LogP contribution in [0.5, 0.6) is 0 Å². The van der Waals surface area contributed by atoms with Crippen LogP contribution in [-0.4, -0.2) is 20.9 Å². The normalized spacial score (nSPS) is 10.6. The van der Waals surface area contributed by atoms with E-state index in [4.69, 9.17) is 11.6 Å². The Morgan fingerprint density at radius 3 is 2.84 bits per heavy atom. The summed E-state index contributed by atoms with van der Waals surface area (Å²) in [4.78, 5) is 11.0. The Balaban J connectivity index is 2.24. The number of benzene rings is 1. The Kier molecular flexibility index (Phi) is 5.03. The maximum absolute atomic E-state index is 11.0. The van der Waals surface area contributed by atoms with E-state index in [1.807, 2.05) is 6.92 Å². The Bertz CT molecular complexity index is 605. The molecule has 2 aromatic rings. The summed E-state index contributed by atoms with van der Waals surface area (Å²) in [6.07, 6.45) is 0. The highest BCUT2D eigenvalue weighted by Gasteiger charge is 2.17. The van der Waals surface area contributed by atoms with Gasteiger partial charge >= 0.3 is 0 Å². The van der Waals surface area contributed by atoms with E-state index in [9.17, 15) is 10.1 Å². The van der Waals surface area contributed by atoms with Crippen molar-refractivity contribution in [2.75, 3.05) is 5.75 Å². The SMILES string of the molecule is CCSc1nnc(Sc2ccc(Cl)cc2[N+](=O)[O-])s1. The van der Waals surface area contributed by atoms with Crippen LogP contribution in [0.2, 0.25) is 5.02 Å². The third-order valence-corrected chi connectivity index (χ3v) is 5.26. The molecule has 1 aromatic carbocycles. The quantitative estimate of drug-likeness (QED) is 0.460. The van der Waals surface area contributed by atoms with Crippen molar-refractivity contribution >= 4 is 52.1 Å². The number of hydrogen-bond acceptors (Lipinski definition) is 7. The molecule has 100 valence electrons. The van der Waals surface area contributed by atoms with E-state index in [1.165, 1.54) is 29.2 Å². The molecule has 0 unspecified atom stereocenters. The van der Waals surface area contributed by atoms with Crippen molar-refractivity contribution in [3.05, 3.63) is 33.3 Å². The third-order valence-electron chi connectivity index (χ3n) is 1.97. The molecule has 0 bridgehead atoms. The Morgan fingerprint density at radius 1 is 1.42 bits per heavy atom. The van der Waals surface area contributed by atoms with Crippen LogP contribution in [0, 0.1) is 10.1 Å². The van der Waals surface area contributed by atoms with Crippen LogP contribution in [0.3, 0.4) is 0 Å². The molecule has 0 radical (unpaired) electrons. The van der Waals surface area contributed by atoms with Crippen LogP contribution in [0.15, 0.2) is 31.8 Å². The number of nitro benzene ring substituents is 1. The molecule has 0 N–H and O–H groups in total. The van der Waals surface area contributed by atoms with Gasteiger partial charge in [0.1, 0.15) is 0 Å². The van der Waals surface area contributed by atoms with Crippen molar-refractivity contribution < 1.29 is 4.92 Å². The summed E-state index contributed by atoms with van der Waals surface area (Å²) in [5.41, 5.74) is -0.0163. The molecule has 2 rings (SSSR count). The van der Waals surface area contributed by atoms with Gasteiger partial charge in [0.15, 0.2) is 8.68 Å². The predicted octanol–water partition coefficient (Wildman–Crippen LogP) is 4.36. The van der Waals surface area contributed by atoms with E-state index in [0.29, 0.717) is 14.3 Å². The topological polar surface area (TPSA) is 68.9 Å². The van der Waals surface area contributed by atoms with Crippen molar-refractivity contribution in [1.82, 2.24) is 10.2 Å². The number of aromatic nitrogens is 2. The Morgan fingerprint density at radius 2 is 2.16 bits per heavy atom. The Hall–Kier alpha value is -0.830. The maximum atomic E-state index is 11.0. The van der Waals surface area contributed by atoms with Gasteiger partial charge in [0.05, 0.1) is 9.82 Å². The van der Waals surface area contributed by atoms with E-state index in [-0.39, 0.29) is 5.69 Å². The van der Waals surface area contributed by atoms with Crippen molar-refractivity contribution in [2.24, 2.45) is 0 Å². The fourth-order valence-electron chi connectivity index (χ4n) is 1.23. The van der Waals surface area contributed by atoms with Gasteiger partial charge in [0, 0.05) is 11.1 Å². The molecule has 1 aromatic heterocycles. The number of thioether (sulfide) groups is 1.